The van der Waals surface area contributed by atoms with Crippen LogP contribution in [0.3, 0.4) is 0 Å². The van der Waals surface area contributed by atoms with Crippen molar-refractivity contribution in [1.82, 2.24) is 10.6 Å². The molecule has 0 spiro atoms. The first-order valence-electron chi connectivity index (χ1n) is 10.8. The molecule has 2 aliphatic rings. The van der Waals surface area contributed by atoms with Crippen LogP contribution >= 0.6 is 35.4 Å². The van der Waals surface area contributed by atoms with Gasteiger partial charge in [-0.15, -0.1) is 0 Å². The molecular formula is C25H24Cl2N4O2S. The highest BCUT2D eigenvalue weighted by Gasteiger charge is 2.32. The van der Waals surface area contributed by atoms with Gasteiger partial charge in [0, 0.05) is 34.1 Å². The van der Waals surface area contributed by atoms with E-state index in [1.165, 1.54) is 4.90 Å². The summed E-state index contributed by atoms with van der Waals surface area (Å²) in [5.74, 6) is -0.216. The Balaban J connectivity index is 1.67. The number of fused-ring (bicyclic) bond motifs is 1. The average molecular weight is 515 g/mol. The van der Waals surface area contributed by atoms with Gasteiger partial charge in [0.25, 0.3) is 5.91 Å². The molecule has 0 saturated heterocycles. The van der Waals surface area contributed by atoms with Crippen LogP contribution in [0.25, 0.3) is 0 Å². The standard InChI is InChI=1S/C25H24Cl2N4O2S/c1-31-21-12-11-16(26)13-18(21)22(17-9-5-6-10-19(17)27)29-23(24(31)33)30-25(34)28-20(14-32)15-7-3-2-4-8-15/h2-7,9-13,15,20,23,32H,8,14H2,1H3,(H2,28,30,34). The van der Waals surface area contributed by atoms with Crippen LogP contribution in [0.4, 0.5) is 5.69 Å². The molecule has 34 heavy (non-hydrogen) atoms. The average Bonchev–Trinajstić information content (AvgIpc) is 2.94. The fraction of sp³-hybridized carbons (Fsp3) is 0.240. The van der Waals surface area contributed by atoms with Gasteiger partial charge < -0.3 is 20.6 Å². The Kier molecular flexibility index (Phi) is 7.68. The third kappa shape index (κ3) is 5.18. The number of allylic oxidation sites excluding steroid dienone is 3. The van der Waals surface area contributed by atoms with Crippen LogP contribution in [0, 0.1) is 5.92 Å². The van der Waals surface area contributed by atoms with E-state index in [1.54, 1.807) is 31.3 Å². The first kappa shape index (κ1) is 24.4. The summed E-state index contributed by atoms with van der Waals surface area (Å²) in [5, 5.41) is 17.3. The van der Waals surface area contributed by atoms with E-state index >= 15 is 0 Å². The minimum atomic E-state index is -1.01. The lowest BCUT2D eigenvalue weighted by atomic mass is 9.93. The molecule has 2 aromatic carbocycles. The second-order valence-electron chi connectivity index (χ2n) is 8.04. The van der Waals surface area contributed by atoms with Crippen molar-refractivity contribution in [2.24, 2.45) is 10.9 Å². The van der Waals surface area contributed by atoms with Gasteiger partial charge in [-0.05, 0) is 42.9 Å². The van der Waals surface area contributed by atoms with Crippen molar-refractivity contribution >= 4 is 57.8 Å². The number of hydrogen-bond donors (Lipinski definition) is 3. The first-order chi connectivity index (χ1) is 16.4. The number of thiocarbonyl (C=S) groups is 1. The number of hydrogen-bond acceptors (Lipinski definition) is 4. The highest BCUT2D eigenvalue weighted by Crippen LogP contribution is 2.31. The van der Waals surface area contributed by atoms with E-state index in [0.717, 1.165) is 6.42 Å². The molecule has 0 bridgehead atoms. The zero-order valence-corrected chi connectivity index (χ0v) is 20.7. The van der Waals surface area contributed by atoms with Crippen molar-refractivity contribution in [3.8, 4) is 0 Å². The molecule has 0 aromatic heterocycles. The SMILES string of the molecule is CN1C(=O)C(NC(=S)NC(CO)C2C=CC=CC2)N=C(c2ccccc2Cl)c2cc(Cl)ccc21. The Labute approximate surface area is 214 Å². The van der Waals surface area contributed by atoms with Crippen LogP contribution in [0.5, 0.6) is 0 Å². The second kappa shape index (κ2) is 10.7. The van der Waals surface area contributed by atoms with Crippen molar-refractivity contribution in [2.75, 3.05) is 18.6 Å². The lowest BCUT2D eigenvalue weighted by Gasteiger charge is -2.27. The molecule has 176 valence electrons. The summed E-state index contributed by atoms with van der Waals surface area (Å²) >= 11 is 18.3. The van der Waals surface area contributed by atoms with Crippen LogP contribution in [0.1, 0.15) is 17.5 Å². The summed E-state index contributed by atoms with van der Waals surface area (Å²) < 4.78 is 0. The van der Waals surface area contributed by atoms with Gasteiger partial charge in [0.2, 0.25) is 6.17 Å². The number of halogens is 2. The number of amides is 1. The molecule has 3 atom stereocenters. The molecule has 3 unspecified atom stereocenters. The first-order valence-corrected chi connectivity index (χ1v) is 12.0. The fourth-order valence-corrected chi connectivity index (χ4v) is 4.69. The number of carbonyl (C=O) groups excluding carboxylic acids is 1. The largest absolute Gasteiger partial charge is 0.394 e. The summed E-state index contributed by atoms with van der Waals surface area (Å²) in [6.07, 6.45) is 7.75. The predicted octanol–water partition coefficient (Wildman–Crippen LogP) is 4.09. The van der Waals surface area contributed by atoms with E-state index in [-0.39, 0.29) is 29.6 Å². The Morgan fingerprint density at radius 3 is 2.74 bits per heavy atom. The lowest BCUT2D eigenvalue weighted by Crippen LogP contribution is -2.53. The van der Waals surface area contributed by atoms with E-state index in [2.05, 4.69) is 10.6 Å². The number of anilines is 1. The third-order valence-corrected chi connectivity index (χ3v) is 6.64. The van der Waals surface area contributed by atoms with Gasteiger partial charge in [-0.2, -0.15) is 0 Å². The van der Waals surface area contributed by atoms with E-state index in [9.17, 15) is 9.90 Å². The summed E-state index contributed by atoms with van der Waals surface area (Å²) in [6, 6.07) is 12.3. The number of benzene rings is 2. The highest BCUT2D eigenvalue weighted by atomic mass is 35.5. The molecule has 1 aliphatic carbocycles. The van der Waals surface area contributed by atoms with Crippen LogP contribution in [-0.2, 0) is 4.79 Å². The van der Waals surface area contributed by atoms with Gasteiger partial charge >= 0.3 is 0 Å². The maximum atomic E-state index is 13.4. The molecule has 0 radical (unpaired) electrons. The Bertz CT molecular complexity index is 1200. The topological polar surface area (TPSA) is 77.0 Å². The van der Waals surface area contributed by atoms with E-state index < -0.39 is 6.17 Å². The second-order valence-corrected chi connectivity index (χ2v) is 9.29. The van der Waals surface area contributed by atoms with Gasteiger partial charge in [0.1, 0.15) is 0 Å². The molecule has 1 heterocycles. The quantitative estimate of drug-likeness (QED) is 0.523. The van der Waals surface area contributed by atoms with Crippen molar-refractivity contribution in [3.05, 3.63) is 87.9 Å². The van der Waals surface area contributed by atoms with E-state index in [1.807, 2.05) is 42.5 Å². The fourth-order valence-electron chi connectivity index (χ4n) is 4.03. The Morgan fingerprint density at radius 1 is 1.24 bits per heavy atom. The zero-order valence-electron chi connectivity index (χ0n) is 18.4. The molecule has 0 saturated carbocycles. The number of aliphatic hydroxyl groups is 1. The number of rotatable bonds is 5. The normalized spacial score (nSPS) is 20.3. The molecule has 6 nitrogen and oxygen atoms in total. The number of carbonyl (C=O) groups is 1. The summed E-state index contributed by atoms with van der Waals surface area (Å²) in [4.78, 5) is 19.7. The van der Waals surface area contributed by atoms with Gasteiger partial charge in [0.05, 0.1) is 24.0 Å². The predicted molar refractivity (Wildman–Crippen MR) is 142 cm³/mol. The Morgan fingerprint density at radius 2 is 2.03 bits per heavy atom. The minimum absolute atomic E-state index is 0.0795. The molecule has 2 aromatic rings. The maximum absolute atomic E-state index is 13.4. The van der Waals surface area contributed by atoms with Gasteiger partial charge in [-0.3, -0.25) is 4.79 Å². The molecule has 1 aliphatic heterocycles. The van der Waals surface area contributed by atoms with Gasteiger partial charge in [-0.25, -0.2) is 4.99 Å². The molecule has 0 fully saturated rings. The maximum Gasteiger partial charge on any atom is 0.272 e. The zero-order chi connectivity index (χ0) is 24.2. The van der Waals surface area contributed by atoms with Crippen LogP contribution in [-0.4, -0.2) is 47.7 Å². The summed E-state index contributed by atoms with van der Waals surface area (Å²) in [6.45, 7) is -0.110. The monoisotopic (exact) mass is 514 g/mol. The van der Waals surface area contributed by atoms with Gasteiger partial charge in [0.15, 0.2) is 5.11 Å². The van der Waals surface area contributed by atoms with Crippen LogP contribution in [0.15, 0.2) is 71.8 Å². The number of aliphatic hydroxyl groups excluding tert-OH is 1. The van der Waals surface area contributed by atoms with Crippen LogP contribution in [0.2, 0.25) is 10.0 Å². The summed E-state index contributed by atoms with van der Waals surface area (Å²) in [7, 11) is 1.68. The van der Waals surface area contributed by atoms with Gasteiger partial charge in [-0.1, -0.05) is 65.7 Å². The number of benzodiazepines with no additional fused rings is 1. The molecule has 1 amide bonds. The smallest absolute Gasteiger partial charge is 0.272 e. The number of aliphatic imine (C=N–C) groups is 1. The molecule has 9 heteroatoms. The Hall–Kier alpha value is -2.71. The minimum Gasteiger partial charge on any atom is -0.394 e. The molecule has 3 N–H and O–H groups in total. The van der Waals surface area contributed by atoms with Crippen molar-refractivity contribution in [2.45, 2.75) is 18.6 Å². The van der Waals surface area contributed by atoms with Crippen molar-refractivity contribution in [3.63, 3.8) is 0 Å². The van der Waals surface area contributed by atoms with E-state index in [4.69, 9.17) is 40.4 Å². The third-order valence-electron chi connectivity index (χ3n) is 5.84. The number of likely N-dealkylation sites (N-methyl/N-ethyl adjacent to an activating group) is 1. The van der Waals surface area contributed by atoms with Crippen molar-refractivity contribution in [1.29, 1.82) is 0 Å². The highest BCUT2D eigenvalue weighted by molar-refractivity contribution is 7.80. The molecule has 4 rings (SSSR count). The van der Waals surface area contributed by atoms with Crippen molar-refractivity contribution < 1.29 is 9.90 Å². The number of nitrogens with zero attached hydrogens (tertiary/aromatic N) is 2. The number of nitrogens with one attached hydrogen (secondary N) is 2. The van der Waals surface area contributed by atoms with E-state index in [0.29, 0.717) is 32.6 Å². The van der Waals surface area contributed by atoms with Crippen LogP contribution < -0.4 is 15.5 Å². The summed E-state index contributed by atoms with van der Waals surface area (Å²) in [5.41, 5.74) is 2.55. The lowest BCUT2D eigenvalue weighted by molar-refractivity contribution is -0.119. The molecular weight excluding hydrogens is 491 g/mol.